The van der Waals surface area contributed by atoms with Gasteiger partial charge in [0.05, 0.1) is 11.0 Å². The van der Waals surface area contributed by atoms with Crippen LogP contribution < -0.4 is 9.30 Å². The minimum absolute atomic E-state index is 0.147. The molecule has 0 fully saturated rings. The molecule has 6 heteroatoms. The smallest absolute Gasteiger partial charge is 0.373 e. The Hall–Kier alpha value is -3.12. The largest absolute Gasteiger partial charge is 0.508 e. The number of fused-ring (bicyclic) bond motifs is 3. The topological polar surface area (TPSA) is 90.9 Å². The van der Waals surface area contributed by atoms with E-state index in [1.54, 1.807) is 42.7 Å². The summed E-state index contributed by atoms with van der Waals surface area (Å²) >= 11 is 0. The number of phenols is 1. The SMILES string of the molecule is Cc1cc2ccc3c(c2c[n+]1C(Cc1ccc(O)cc1)C(=O)O)OC(C(C)(C)O)C3. The Morgan fingerprint density at radius 1 is 1.23 bits per heavy atom. The number of carboxylic acids is 1. The van der Waals surface area contributed by atoms with Crippen molar-refractivity contribution in [1.82, 2.24) is 0 Å². The Morgan fingerprint density at radius 3 is 2.57 bits per heavy atom. The van der Waals surface area contributed by atoms with Gasteiger partial charge in [0.2, 0.25) is 0 Å². The lowest BCUT2D eigenvalue weighted by Crippen LogP contribution is -2.47. The molecule has 3 N–H and O–H groups in total. The molecule has 6 nitrogen and oxygen atoms in total. The summed E-state index contributed by atoms with van der Waals surface area (Å²) in [5.74, 6) is -0.0743. The number of aromatic nitrogens is 1. The van der Waals surface area contributed by atoms with Gasteiger partial charge in [0.15, 0.2) is 11.9 Å². The van der Waals surface area contributed by atoms with Crippen molar-refractivity contribution >= 4 is 16.7 Å². The molecule has 0 spiro atoms. The lowest BCUT2D eigenvalue weighted by atomic mass is 9.96. The van der Waals surface area contributed by atoms with Crippen LogP contribution in [0.5, 0.6) is 11.5 Å². The first-order valence-corrected chi connectivity index (χ1v) is 10.0. The van der Waals surface area contributed by atoms with Crippen molar-refractivity contribution in [3.63, 3.8) is 0 Å². The maximum absolute atomic E-state index is 12.1. The highest BCUT2D eigenvalue weighted by atomic mass is 16.5. The van der Waals surface area contributed by atoms with Gasteiger partial charge in [0, 0.05) is 25.8 Å². The molecule has 0 saturated carbocycles. The molecule has 30 heavy (non-hydrogen) atoms. The zero-order valence-electron chi connectivity index (χ0n) is 17.3. The fourth-order valence-electron chi connectivity index (χ4n) is 4.03. The highest BCUT2D eigenvalue weighted by molar-refractivity contribution is 5.89. The molecule has 0 amide bonds. The fraction of sp³-hybridized carbons (Fsp3) is 0.333. The molecule has 0 bridgehead atoms. The Bertz CT molecular complexity index is 1120. The number of rotatable bonds is 5. The molecule has 0 aliphatic carbocycles. The molecule has 3 aromatic rings. The summed E-state index contributed by atoms with van der Waals surface area (Å²) in [5, 5.41) is 31.6. The highest BCUT2D eigenvalue weighted by Crippen LogP contribution is 2.38. The summed E-state index contributed by atoms with van der Waals surface area (Å²) in [4.78, 5) is 12.1. The highest BCUT2D eigenvalue weighted by Gasteiger charge is 2.37. The second-order valence-corrected chi connectivity index (χ2v) is 8.57. The average molecular weight is 408 g/mol. The van der Waals surface area contributed by atoms with Crippen LogP contribution in [-0.4, -0.2) is 33.0 Å². The number of benzene rings is 2. The molecular formula is C24H26NO5+. The molecule has 2 atom stereocenters. The third-order valence-electron chi connectivity index (χ3n) is 5.79. The van der Waals surface area contributed by atoms with Crippen LogP contribution in [0.1, 0.15) is 36.7 Å². The number of aliphatic hydroxyl groups is 1. The Kier molecular flexibility index (Phi) is 4.90. The van der Waals surface area contributed by atoms with Gasteiger partial charge >= 0.3 is 5.97 Å². The van der Waals surface area contributed by atoms with Crippen molar-refractivity contribution in [2.45, 2.75) is 51.4 Å². The van der Waals surface area contributed by atoms with Crippen LogP contribution >= 0.6 is 0 Å². The summed E-state index contributed by atoms with van der Waals surface area (Å²) in [5.41, 5.74) is 1.68. The first-order chi connectivity index (χ1) is 14.1. The van der Waals surface area contributed by atoms with Gasteiger partial charge in [-0.15, -0.1) is 0 Å². The molecule has 1 aliphatic heterocycles. The predicted molar refractivity (Wildman–Crippen MR) is 112 cm³/mol. The van der Waals surface area contributed by atoms with Crippen LogP contribution in [0.25, 0.3) is 10.8 Å². The van der Waals surface area contributed by atoms with Crippen LogP contribution in [0.15, 0.2) is 48.7 Å². The van der Waals surface area contributed by atoms with Crippen molar-refractivity contribution in [2.75, 3.05) is 0 Å². The van der Waals surface area contributed by atoms with Crippen molar-refractivity contribution in [1.29, 1.82) is 0 Å². The molecule has 156 valence electrons. The summed E-state index contributed by atoms with van der Waals surface area (Å²) < 4.78 is 7.88. The maximum Gasteiger partial charge on any atom is 0.373 e. The normalized spacial score (nSPS) is 16.9. The molecule has 4 rings (SSSR count). The molecule has 0 saturated heterocycles. The first-order valence-electron chi connectivity index (χ1n) is 10.0. The van der Waals surface area contributed by atoms with Gasteiger partial charge in [-0.3, -0.25) is 0 Å². The van der Waals surface area contributed by atoms with Crippen LogP contribution in [0, 0.1) is 6.92 Å². The lowest BCUT2D eigenvalue weighted by molar-refractivity contribution is -0.714. The number of aliphatic carboxylic acids is 1. The average Bonchev–Trinajstić information content (AvgIpc) is 3.12. The number of phenolic OH excluding ortho intramolecular Hbond substituents is 1. The van der Waals surface area contributed by atoms with E-state index in [1.807, 2.05) is 31.3 Å². The summed E-state index contributed by atoms with van der Waals surface area (Å²) in [7, 11) is 0. The minimum Gasteiger partial charge on any atom is -0.508 e. The van der Waals surface area contributed by atoms with E-state index in [0.29, 0.717) is 12.2 Å². The van der Waals surface area contributed by atoms with Crippen LogP contribution in [0.2, 0.25) is 0 Å². The molecule has 1 aromatic heterocycles. The molecule has 2 heterocycles. The van der Waals surface area contributed by atoms with Crippen molar-refractivity contribution in [3.8, 4) is 11.5 Å². The van der Waals surface area contributed by atoms with Gasteiger partial charge in [-0.1, -0.05) is 24.3 Å². The fourth-order valence-corrected chi connectivity index (χ4v) is 4.03. The number of aryl methyl sites for hydroxylation is 1. The molecular weight excluding hydrogens is 382 g/mol. The number of hydrogen-bond acceptors (Lipinski definition) is 4. The van der Waals surface area contributed by atoms with E-state index in [9.17, 15) is 20.1 Å². The van der Waals surface area contributed by atoms with E-state index >= 15 is 0 Å². The minimum atomic E-state index is -0.978. The lowest BCUT2D eigenvalue weighted by Gasteiger charge is -2.24. The van der Waals surface area contributed by atoms with E-state index in [2.05, 4.69) is 0 Å². The van der Waals surface area contributed by atoms with E-state index < -0.39 is 17.6 Å². The second kappa shape index (κ2) is 7.29. The van der Waals surface area contributed by atoms with Crippen LogP contribution in [0.3, 0.4) is 0 Å². The number of pyridine rings is 1. The standard InChI is InChI=1S/C24H25NO5/c1-14-10-16-6-7-17-12-21(24(2,3)29)30-22(17)19(16)13-25(14)20(23(27)28)11-15-4-8-18(26)9-5-15/h4-10,13,20-21,29H,11-12H2,1-3H3,(H-,26,27,28)/p+1. The van der Waals surface area contributed by atoms with Gasteiger partial charge in [0.1, 0.15) is 17.6 Å². The van der Waals surface area contributed by atoms with E-state index in [4.69, 9.17) is 4.74 Å². The summed E-state index contributed by atoms with van der Waals surface area (Å²) in [6.45, 7) is 5.35. The molecule has 2 unspecified atom stereocenters. The van der Waals surface area contributed by atoms with Gasteiger partial charge in [0.25, 0.3) is 6.04 Å². The first kappa shape index (κ1) is 20.2. The molecule has 1 aliphatic rings. The van der Waals surface area contributed by atoms with Gasteiger partial charge in [-0.2, -0.15) is 4.57 Å². The summed E-state index contributed by atoms with van der Waals surface area (Å²) in [6, 6.07) is 11.8. The van der Waals surface area contributed by atoms with Crippen LogP contribution in [0.4, 0.5) is 0 Å². The zero-order valence-corrected chi connectivity index (χ0v) is 17.3. The number of carbonyl (C=O) groups is 1. The number of hydrogen-bond donors (Lipinski definition) is 3. The van der Waals surface area contributed by atoms with Crippen molar-refractivity contribution in [3.05, 3.63) is 65.5 Å². The Balaban J connectivity index is 1.78. The predicted octanol–water partition coefficient (Wildman–Crippen LogP) is 3.08. The van der Waals surface area contributed by atoms with E-state index in [-0.39, 0.29) is 18.3 Å². The third-order valence-corrected chi connectivity index (χ3v) is 5.79. The number of carboxylic acid groups (broad SMARTS) is 1. The number of aromatic hydroxyl groups is 1. The molecule has 0 radical (unpaired) electrons. The van der Waals surface area contributed by atoms with Gasteiger partial charge in [-0.05, 0) is 42.5 Å². The third kappa shape index (κ3) is 3.71. The maximum atomic E-state index is 12.1. The Morgan fingerprint density at radius 2 is 1.93 bits per heavy atom. The Labute approximate surface area is 175 Å². The second-order valence-electron chi connectivity index (χ2n) is 8.57. The van der Waals surface area contributed by atoms with E-state index in [1.165, 1.54) is 0 Å². The van der Waals surface area contributed by atoms with E-state index in [0.717, 1.165) is 27.6 Å². The van der Waals surface area contributed by atoms with Crippen molar-refractivity contribution in [2.24, 2.45) is 0 Å². The van der Waals surface area contributed by atoms with Crippen molar-refractivity contribution < 1.29 is 29.4 Å². The van der Waals surface area contributed by atoms with Gasteiger partial charge < -0.3 is 20.1 Å². The molecule has 2 aromatic carbocycles. The zero-order chi connectivity index (χ0) is 21.6. The summed E-state index contributed by atoms with van der Waals surface area (Å²) in [6.07, 6.45) is 2.39. The number of nitrogens with zero attached hydrogens (tertiary/aromatic N) is 1. The van der Waals surface area contributed by atoms with Crippen LogP contribution in [-0.2, 0) is 17.6 Å². The quantitative estimate of drug-likeness (QED) is 0.565. The monoisotopic (exact) mass is 408 g/mol. The number of ether oxygens (including phenoxy) is 1. The van der Waals surface area contributed by atoms with Gasteiger partial charge in [-0.25, -0.2) is 4.79 Å².